The van der Waals surface area contributed by atoms with Gasteiger partial charge in [0.15, 0.2) is 0 Å². The van der Waals surface area contributed by atoms with Gasteiger partial charge in [-0.15, -0.1) is 0 Å². The summed E-state index contributed by atoms with van der Waals surface area (Å²) < 4.78 is 12.8. The number of carbonyl (C=O) groups excluding carboxylic acids is 1. The average molecular weight is 287 g/mol. The summed E-state index contributed by atoms with van der Waals surface area (Å²) in [6.07, 6.45) is 5.90. The third kappa shape index (κ3) is 3.29. The van der Waals surface area contributed by atoms with E-state index >= 15 is 0 Å². The second kappa shape index (κ2) is 6.08. The minimum Gasteiger partial charge on any atom is -0.348 e. The summed E-state index contributed by atoms with van der Waals surface area (Å²) in [5.74, 6) is -0.232. The lowest BCUT2D eigenvalue weighted by atomic mass is 9.93. The lowest BCUT2D eigenvalue weighted by molar-refractivity contribution is -0.121. The van der Waals surface area contributed by atoms with Gasteiger partial charge in [-0.05, 0) is 48.9 Å². The number of carbonyl (C=O) groups is 1. The van der Waals surface area contributed by atoms with Crippen molar-refractivity contribution in [2.45, 2.75) is 38.1 Å². The van der Waals surface area contributed by atoms with Crippen LogP contribution in [0.5, 0.6) is 0 Å². The monoisotopic (exact) mass is 287 g/mol. The Balaban J connectivity index is 1.54. The van der Waals surface area contributed by atoms with Crippen LogP contribution >= 0.6 is 0 Å². The first-order valence-corrected chi connectivity index (χ1v) is 7.28. The van der Waals surface area contributed by atoms with Gasteiger partial charge in [0.05, 0.1) is 17.9 Å². The van der Waals surface area contributed by atoms with Gasteiger partial charge in [-0.1, -0.05) is 12.1 Å². The molecule has 0 spiro atoms. The van der Waals surface area contributed by atoms with E-state index in [4.69, 9.17) is 0 Å². The molecule has 0 radical (unpaired) electrons. The fourth-order valence-electron chi connectivity index (χ4n) is 2.78. The van der Waals surface area contributed by atoms with E-state index in [0.717, 1.165) is 30.5 Å². The van der Waals surface area contributed by atoms with Gasteiger partial charge in [0.1, 0.15) is 5.82 Å². The number of aryl methyl sites for hydroxylation is 2. The van der Waals surface area contributed by atoms with Gasteiger partial charge >= 0.3 is 0 Å². The van der Waals surface area contributed by atoms with Crippen molar-refractivity contribution in [3.05, 3.63) is 53.1 Å². The number of nitrogens with zero attached hydrogens (tertiary/aromatic N) is 1. The van der Waals surface area contributed by atoms with E-state index in [9.17, 15) is 9.18 Å². The SMILES string of the molecule is O=C(CCc1ccc(F)cc1)NC1CCCc2cn[nH]c21. The molecule has 1 aliphatic rings. The van der Waals surface area contributed by atoms with Crippen LogP contribution in [0.25, 0.3) is 0 Å². The van der Waals surface area contributed by atoms with E-state index in [-0.39, 0.29) is 17.8 Å². The van der Waals surface area contributed by atoms with Gasteiger partial charge in [-0.3, -0.25) is 9.89 Å². The van der Waals surface area contributed by atoms with E-state index in [1.807, 2.05) is 6.20 Å². The number of aromatic nitrogens is 2. The molecular weight excluding hydrogens is 269 g/mol. The van der Waals surface area contributed by atoms with Gasteiger partial charge in [-0.25, -0.2) is 4.39 Å². The highest BCUT2D eigenvalue weighted by Gasteiger charge is 2.23. The maximum atomic E-state index is 12.8. The zero-order chi connectivity index (χ0) is 14.7. The molecule has 1 amide bonds. The summed E-state index contributed by atoms with van der Waals surface area (Å²) in [5.41, 5.74) is 3.21. The molecule has 3 rings (SSSR count). The van der Waals surface area contributed by atoms with Crippen LogP contribution in [0.4, 0.5) is 4.39 Å². The largest absolute Gasteiger partial charge is 0.348 e. The molecule has 1 heterocycles. The minimum atomic E-state index is -0.253. The van der Waals surface area contributed by atoms with E-state index < -0.39 is 0 Å². The van der Waals surface area contributed by atoms with Crippen LogP contribution in [-0.2, 0) is 17.6 Å². The first-order chi connectivity index (χ1) is 10.2. The Morgan fingerprint density at radius 2 is 2.19 bits per heavy atom. The number of hydrogen-bond acceptors (Lipinski definition) is 2. The molecule has 1 atom stereocenters. The number of nitrogens with one attached hydrogen (secondary N) is 2. The molecule has 1 aromatic heterocycles. The average Bonchev–Trinajstić information content (AvgIpc) is 2.96. The van der Waals surface area contributed by atoms with Crippen LogP contribution in [-0.4, -0.2) is 16.1 Å². The normalized spacial score (nSPS) is 17.3. The molecule has 0 bridgehead atoms. The van der Waals surface area contributed by atoms with Crippen molar-refractivity contribution < 1.29 is 9.18 Å². The second-order valence-corrected chi connectivity index (χ2v) is 5.45. The molecule has 1 aromatic carbocycles. The van der Waals surface area contributed by atoms with Crippen LogP contribution in [0.2, 0.25) is 0 Å². The Kier molecular flexibility index (Phi) is 3.99. The molecule has 2 N–H and O–H groups in total. The third-order valence-corrected chi connectivity index (χ3v) is 3.93. The fraction of sp³-hybridized carbons (Fsp3) is 0.375. The number of hydrogen-bond donors (Lipinski definition) is 2. The number of halogens is 1. The van der Waals surface area contributed by atoms with Gasteiger partial charge < -0.3 is 5.32 Å². The van der Waals surface area contributed by atoms with E-state index in [2.05, 4.69) is 15.5 Å². The van der Waals surface area contributed by atoms with Crippen LogP contribution in [0.1, 0.15) is 42.1 Å². The van der Waals surface area contributed by atoms with Gasteiger partial charge in [0.2, 0.25) is 5.91 Å². The first-order valence-electron chi connectivity index (χ1n) is 7.28. The first kappa shape index (κ1) is 13.8. The smallest absolute Gasteiger partial charge is 0.220 e. The summed E-state index contributed by atoms with van der Waals surface area (Å²) in [5, 5.41) is 10.1. The standard InChI is InChI=1S/C16H18FN3O/c17-13-7-4-11(5-8-13)6-9-15(21)19-14-3-1-2-12-10-18-20-16(12)14/h4-5,7-8,10,14H,1-3,6,9H2,(H,18,20)(H,19,21). The van der Waals surface area contributed by atoms with E-state index in [1.165, 1.54) is 17.7 Å². The number of H-pyrrole nitrogens is 1. The molecular formula is C16H18FN3O. The molecule has 5 heteroatoms. The lowest BCUT2D eigenvalue weighted by Crippen LogP contribution is -2.31. The maximum absolute atomic E-state index is 12.8. The Hall–Kier alpha value is -2.17. The fourth-order valence-corrected chi connectivity index (χ4v) is 2.78. The quantitative estimate of drug-likeness (QED) is 0.908. The zero-order valence-corrected chi connectivity index (χ0v) is 11.7. The summed E-state index contributed by atoms with van der Waals surface area (Å²) in [4.78, 5) is 12.1. The molecule has 110 valence electrons. The summed E-state index contributed by atoms with van der Waals surface area (Å²) in [6.45, 7) is 0. The van der Waals surface area contributed by atoms with Crippen LogP contribution in [0.15, 0.2) is 30.5 Å². The number of fused-ring (bicyclic) bond motifs is 1. The molecule has 1 unspecified atom stereocenters. The van der Waals surface area contributed by atoms with Crippen LogP contribution in [0, 0.1) is 5.82 Å². The van der Waals surface area contributed by atoms with E-state index in [0.29, 0.717) is 12.8 Å². The van der Waals surface area contributed by atoms with Crippen LogP contribution in [0.3, 0.4) is 0 Å². The maximum Gasteiger partial charge on any atom is 0.220 e. The van der Waals surface area contributed by atoms with Crippen molar-refractivity contribution in [1.29, 1.82) is 0 Å². The molecule has 21 heavy (non-hydrogen) atoms. The summed E-state index contributed by atoms with van der Waals surface area (Å²) in [6, 6.07) is 6.32. The lowest BCUT2D eigenvalue weighted by Gasteiger charge is -2.22. The second-order valence-electron chi connectivity index (χ2n) is 5.45. The van der Waals surface area contributed by atoms with Crippen molar-refractivity contribution >= 4 is 5.91 Å². The number of benzene rings is 1. The Morgan fingerprint density at radius 3 is 3.00 bits per heavy atom. The Bertz CT molecular complexity index is 621. The highest BCUT2D eigenvalue weighted by Crippen LogP contribution is 2.27. The van der Waals surface area contributed by atoms with Crippen LogP contribution < -0.4 is 5.32 Å². The molecule has 4 nitrogen and oxygen atoms in total. The number of amides is 1. The topological polar surface area (TPSA) is 57.8 Å². The Labute approximate surface area is 122 Å². The molecule has 0 fully saturated rings. The zero-order valence-electron chi connectivity index (χ0n) is 11.7. The van der Waals surface area contributed by atoms with Crippen molar-refractivity contribution in [1.82, 2.24) is 15.5 Å². The predicted molar refractivity (Wildman–Crippen MR) is 77.1 cm³/mol. The molecule has 2 aromatic rings. The van der Waals surface area contributed by atoms with Gasteiger partial charge in [0, 0.05) is 6.42 Å². The minimum absolute atomic E-state index is 0.0202. The highest BCUT2D eigenvalue weighted by molar-refractivity contribution is 5.76. The Morgan fingerprint density at radius 1 is 1.38 bits per heavy atom. The van der Waals surface area contributed by atoms with Gasteiger partial charge in [0.25, 0.3) is 0 Å². The van der Waals surface area contributed by atoms with Crippen molar-refractivity contribution in [2.75, 3.05) is 0 Å². The van der Waals surface area contributed by atoms with Crippen molar-refractivity contribution in [2.24, 2.45) is 0 Å². The molecule has 0 saturated heterocycles. The molecule has 0 saturated carbocycles. The molecule has 1 aliphatic carbocycles. The van der Waals surface area contributed by atoms with Crippen molar-refractivity contribution in [3.8, 4) is 0 Å². The highest BCUT2D eigenvalue weighted by atomic mass is 19.1. The third-order valence-electron chi connectivity index (χ3n) is 3.93. The van der Waals surface area contributed by atoms with Gasteiger partial charge in [-0.2, -0.15) is 5.10 Å². The number of rotatable bonds is 4. The molecule has 0 aliphatic heterocycles. The van der Waals surface area contributed by atoms with Crippen molar-refractivity contribution in [3.63, 3.8) is 0 Å². The predicted octanol–water partition coefficient (Wildman–Crippen LogP) is 2.68. The van der Waals surface area contributed by atoms with E-state index in [1.54, 1.807) is 12.1 Å². The number of aromatic amines is 1. The summed E-state index contributed by atoms with van der Waals surface area (Å²) >= 11 is 0. The summed E-state index contributed by atoms with van der Waals surface area (Å²) in [7, 11) is 0.